The molecule has 0 amide bonds. The van der Waals surface area contributed by atoms with Crippen molar-refractivity contribution >= 4 is 10.2 Å². The SMILES string of the molecule is CCCCN(CCCC)S(=O)(=O)NCCN(C)C1CC1. The molecule has 1 fully saturated rings. The summed E-state index contributed by atoms with van der Waals surface area (Å²) < 4.78 is 29.0. The molecule has 1 aliphatic carbocycles. The summed E-state index contributed by atoms with van der Waals surface area (Å²) in [5, 5.41) is 0. The number of hydrogen-bond acceptors (Lipinski definition) is 3. The second-order valence-electron chi connectivity index (χ2n) is 5.72. The van der Waals surface area contributed by atoms with Crippen LogP contribution in [-0.4, -0.2) is 56.9 Å². The molecule has 6 heteroatoms. The minimum atomic E-state index is -3.31. The van der Waals surface area contributed by atoms with Crippen LogP contribution >= 0.6 is 0 Å². The fraction of sp³-hybridized carbons (Fsp3) is 1.00. The van der Waals surface area contributed by atoms with E-state index >= 15 is 0 Å². The van der Waals surface area contributed by atoms with E-state index in [2.05, 4.69) is 30.5 Å². The van der Waals surface area contributed by atoms with Gasteiger partial charge in [0.05, 0.1) is 0 Å². The summed E-state index contributed by atoms with van der Waals surface area (Å²) in [6.45, 7) is 6.73. The molecule has 0 aliphatic heterocycles. The molecule has 1 aliphatic rings. The standard InChI is InChI=1S/C14H31N3O2S/c1-4-6-11-17(12-7-5-2)20(18,19)15-10-13-16(3)14-8-9-14/h14-15H,4-13H2,1-3H3. The zero-order valence-corrected chi connectivity index (χ0v) is 14.1. The van der Waals surface area contributed by atoms with Gasteiger partial charge in [-0.05, 0) is 32.7 Å². The lowest BCUT2D eigenvalue weighted by atomic mass is 10.3. The predicted octanol–water partition coefficient (Wildman–Crippen LogP) is 1.82. The Morgan fingerprint density at radius 3 is 2.05 bits per heavy atom. The molecule has 0 radical (unpaired) electrons. The molecule has 1 rings (SSSR count). The summed E-state index contributed by atoms with van der Waals surface area (Å²) >= 11 is 0. The molecule has 5 nitrogen and oxygen atoms in total. The van der Waals surface area contributed by atoms with Crippen LogP contribution in [0.1, 0.15) is 52.4 Å². The zero-order valence-electron chi connectivity index (χ0n) is 13.3. The Balaban J connectivity index is 2.38. The van der Waals surface area contributed by atoms with E-state index in [-0.39, 0.29) is 0 Å². The van der Waals surface area contributed by atoms with E-state index in [0.717, 1.165) is 32.2 Å². The Hall–Kier alpha value is -0.170. The summed E-state index contributed by atoms with van der Waals surface area (Å²) in [5.41, 5.74) is 0. The molecule has 0 saturated heterocycles. The second kappa shape index (κ2) is 8.97. The van der Waals surface area contributed by atoms with Gasteiger partial charge in [-0.25, -0.2) is 4.72 Å². The van der Waals surface area contributed by atoms with Crippen LogP contribution in [0.2, 0.25) is 0 Å². The third-order valence-electron chi connectivity index (χ3n) is 3.78. The maximum absolute atomic E-state index is 12.3. The molecule has 0 unspecified atom stereocenters. The number of nitrogens with one attached hydrogen (secondary N) is 1. The van der Waals surface area contributed by atoms with Gasteiger partial charge in [0.15, 0.2) is 0 Å². The fourth-order valence-corrected chi connectivity index (χ4v) is 3.43. The van der Waals surface area contributed by atoms with Gasteiger partial charge in [-0.3, -0.25) is 0 Å². The summed E-state index contributed by atoms with van der Waals surface area (Å²) in [6, 6.07) is 0.677. The van der Waals surface area contributed by atoms with E-state index in [4.69, 9.17) is 0 Å². The van der Waals surface area contributed by atoms with Crippen molar-refractivity contribution < 1.29 is 8.42 Å². The van der Waals surface area contributed by atoms with Crippen molar-refractivity contribution in [3.8, 4) is 0 Å². The lowest BCUT2D eigenvalue weighted by Gasteiger charge is -2.23. The van der Waals surface area contributed by atoms with Crippen LogP contribution < -0.4 is 4.72 Å². The first-order chi connectivity index (χ1) is 9.51. The lowest BCUT2D eigenvalue weighted by molar-refractivity contribution is 0.325. The van der Waals surface area contributed by atoms with E-state index < -0.39 is 10.2 Å². The molecule has 0 heterocycles. The molecule has 0 aromatic heterocycles. The second-order valence-corrected chi connectivity index (χ2v) is 7.47. The smallest absolute Gasteiger partial charge is 0.279 e. The number of hydrogen-bond donors (Lipinski definition) is 1. The molecule has 20 heavy (non-hydrogen) atoms. The van der Waals surface area contributed by atoms with E-state index in [0.29, 0.717) is 25.7 Å². The van der Waals surface area contributed by atoms with Crippen LogP contribution in [-0.2, 0) is 10.2 Å². The minimum absolute atomic E-state index is 0.504. The summed E-state index contributed by atoms with van der Waals surface area (Å²) in [6.07, 6.45) is 6.38. The molecular weight excluding hydrogens is 274 g/mol. The van der Waals surface area contributed by atoms with Crippen LogP contribution in [0.3, 0.4) is 0 Å². The summed E-state index contributed by atoms with van der Waals surface area (Å²) in [5.74, 6) is 0. The average molecular weight is 305 g/mol. The minimum Gasteiger partial charge on any atom is -0.302 e. The van der Waals surface area contributed by atoms with E-state index in [1.54, 1.807) is 4.31 Å². The first-order valence-corrected chi connectivity index (χ1v) is 9.40. The zero-order chi connectivity index (χ0) is 15.0. The van der Waals surface area contributed by atoms with Gasteiger partial charge in [0, 0.05) is 32.2 Å². The number of rotatable bonds is 12. The van der Waals surface area contributed by atoms with E-state index in [1.165, 1.54) is 12.8 Å². The maximum Gasteiger partial charge on any atom is 0.279 e. The largest absolute Gasteiger partial charge is 0.302 e. The van der Waals surface area contributed by atoms with Crippen molar-refractivity contribution in [2.75, 3.05) is 33.2 Å². The molecule has 0 atom stereocenters. The molecule has 0 spiro atoms. The van der Waals surface area contributed by atoms with Crippen LogP contribution in [0.4, 0.5) is 0 Å². The summed E-state index contributed by atoms with van der Waals surface area (Å²) in [4.78, 5) is 2.24. The normalized spacial score (nSPS) is 16.2. The van der Waals surface area contributed by atoms with Crippen molar-refractivity contribution in [3.63, 3.8) is 0 Å². The van der Waals surface area contributed by atoms with Crippen LogP contribution in [0, 0.1) is 0 Å². The predicted molar refractivity (Wildman–Crippen MR) is 84.0 cm³/mol. The van der Waals surface area contributed by atoms with Crippen molar-refractivity contribution in [3.05, 3.63) is 0 Å². The van der Waals surface area contributed by atoms with Crippen molar-refractivity contribution in [1.29, 1.82) is 0 Å². The van der Waals surface area contributed by atoms with Gasteiger partial charge in [0.1, 0.15) is 0 Å². The number of nitrogens with zero attached hydrogens (tertiary/aromatic N) is 2. The van der Waals surface area contributed by atoms with Gasteiger partial charge in [0.25, 0.3) is 10.2 Å². The van der Waals surface area contributed by atoms with Gasteiger partial charge in [-0.1, -0.05) is 26.7 Å². The molecule has 1 saturated carbocycles. The van der Waals surface area contributed by atoms with E-state index in [1.807, 2.05) is 0 Å². The molecule has 1 N–H and O–H groups in total. The highest BCUT2D eigenvalue weighted by Gasteiger charge is 2.26. The number of unbranched alkanes of at least 4 members (excludes halogenated alkanes) is 2. The van der Waals surface area contributed by atoms with Crippen molar-refractivity contribution in [1.82, 2.24) is 13.9 Å². The highest BCUT2D eigenvalue weighted by molar-refractivity contribution is 7.87. The highest BCUT2D eigenvalue weighted by Crippen LogP contribution is 2.24. The Labute approximate surface area is 124 Å². The lowest BCUT2D eigenvalue weighted by Crippen LogP contribution is -2.44. The van der Waals surface area contributed by atoms with Gasteiger partial charge >= 0.3 is 0 Å². The Morgan fingerprint density at radius 1 is 1.05 bits per heavy atom. The highest BCUT2D eigenvalue weighted by atomic mass is 32.2. The van der Waals surface area contributed by atoms with Crippen LogP contribution in [0.25, 0.3) is 0 Å². The molecule has 0 aromatic carbocycles. The first-order valence-electron chi connectivity index (χ1n) is 7.96. The quantitative estimate of drug-likeness (QED) is 0.598. The first kappa shape index (κ1) is 17.9. The van der Waals surface area contributed by atoms with Crippen molar-refractivity contribution in [2.24, 2.45) is 0 Å². The van der Waals surface area contributed by atoms with Crippen molar-refractivity contribution in [2.45, 2.75) is 58.4 Å². The number of likely N-dealkylation sites (N-methyl/N-ethyl adjacent to an activating group) is 1. The average Bonchev–Trinajstić information content (AvgIpc) is 3.22. The van der Waals surface area contributed by atoms with Crippen LogP contribution in [0.5, 0.6) is 0 Å². The molecular formula is C14H31N3O2S. The molecule has 120 valence electrons. The molecule has 0 bridgehead atoms. The Kier molecular flexibility index (Phi) is 8.02. The summed E-state index contributed by atoms with van der Waals surface area (Å²) in [7, 11) is -1.24. The fourth-order valence-electron chi connectivity index (χ4n) is 2.16. The third kappa shape index (κ3) is 6.52. The van der Waals surface area contributed by atoms with Gasteiger partial charge < -0.3 is 4.90 Å². The molecule has 0 aromatic rings. The topological polar surface area (TPSA) is 52.7 Å². The van der Waals surface area contributed by atoms with Crippen LogP contribution in [0.15, 0.2) is 0 Å². The Bertz CT molecular complexity index is 347. The third-order valence-corrected chi connectivity index (χ3v) is 5.40. The van der Waals surface area contributed by atoms with Gasteiger partial charge in [-0.2, -0.15) is 12.7 Å². The van der Waals surface area contributed by atoms with Gasteiger partial charge in [0.2, 0.25) is 0 Å². The monoisotopic (exact) mass is 305 g/mol. The van der Waals surface area contributed by atoms with Gasteiger partial charge in [-0.15, -0.1) is 0 Å². The van der Waals surface area contributed by atoms with E-state index in [9.17, 15) is 8.42 Å². The Morgan fingerprint density at radius 2 is 1.60 bits per heavy atom. The maximum atomic E-state index is 12.3.